The molecule has 6 nitrogen and oxygen atoms in total. The van der Waals surface area contributed by atoms with E-state index >= 15 is 0 Å². The Kier molecular flexibility index (Phi) is 5.73. The minimum Gasteiger partial charge on any atom is -0.478 e. The molecule has 0 unspecified atom stereocenters. The van der Waals surface area contributed by atoms with Crippen LogP contribution >= 0.6 is 0 Å². The van der Waals surface area contributed by atoms with E-state index in [1.807, 2.05) is 24.3 Å². The molecule has 0 aliphatic rings. The van der Waals surface area contributed by atoms with Crippen LogP contribution in [0.4, 0.5) is 0 Å². The zero-order valence-corrected chi connectivity index (χ0v) is 15.2. The van der Waals surface area contributed by atoms with Crippen molar-refractivity contribution < 1.29 is 28.1 Å². The van der Waals surface area contributed by atoms with Gasteiger partial charge in [-0.2, -0.15) is 4.89 Å². The molecule has 0 saturated heterocycles. The predicted octanol–water partition coefficient (Wildman–Crippen LogP) is 3.71. The SMILES string of the molecule is O=C(O)c1ccccc1OOCCCS(=O)(=O)c1ccc2ccccc2c1. The van der Waals surface area contributed by atoms with Gasteiger partial charge in [-0.25, -0.2) is 13.2 Å². The Hall–Kier alpha value is -2.90. The van der Waals surface area contributed by atoms with Gasteiger partial charge in [-0.3, -0.25) is 0 Å². The maximum Gasteiger partial charge on any atom is 0.339 e. The molecule has 0 atom stereocenters. The summed E-state index contributed by atoms with van der Waals surface area (Å²) in [5, 5.41) is 10.9. The molecule has 3 aromatic rings. The van der Waals surface area contributed by atoms with Gasteiger partial charge >= 0.3 is 5.97 Å². The van der Waals surface area contributed by atoms with E-state index in [2.05, 4.69) is 0 Å². The lowest BCUT2D eigenvalue weighted by molar-refractivity contribution is -0.206. The Morgan fingerprint density at radius 3 is 2.41 bits per heavy atom. The lowest BCUT2D eigenvalue weighted by Crippen LogP contribution is -2.11. The number of rotatable bonds is 8. The van der Waals surface area contributed by atoms with Gasteiger partial charge in [0.15, 0.2) is 15.6 Å². The number of carboxylic acids is 1. The topological polar surface area (TPSA) is 89.9 Å². The van der Waals surface area contributed by atoms with E-state index in [-0.39, 0.29) is 35.0 Å². The van der Waals surface area contributed by atoms with Crippen molar-refractivity contribution in [3.05, 3.63) is 72.3 Å². The number of hydrogen-bond acceptors (Lipinski definition) is 5. The zero-order valence-electron chi connectivity index (χ0n) is 14.4. The highest BCUT2D eigenvalue weighted by molar-refractivity contribution is 7.91. The Bertz CT molecular complexity index is 1060. The first-order valence-corrected chi connectivity index (χ1v) is 9.96. The van der Waals surface area contributed by atoms with Crippen LogP contribution < -0.4 is 4.89 Å². The second kappa shape index (κ2) is 8.20. The van der Waals surface area contributed by atoms with Crippen LogP contribution in [0.1, 0.15) is 16.8 Å². The normalized spacial score (nSPS) is 11.4. The Labute approximate surface area is 156 Å². The van der Waals surface area contributed by atoms with Crippen LogP contribution in [-0.4, -0.2) is 31.9 Å². The maximum atomic E-state index is 12.5. The third-order valence-electron chi connectivity index (χ3n) is 3.99. The van der Waals surface area contributed by atoms with E-state index in [1.54, 1.807) is 30.3 Å². The van der Waals surface area contributed by atoms with Crippen LogP contribution in [0.25, 0.3) is 10.8 Å². The quantitative estimate of drug-likeness (QED) is 0.361. The summed E-state index contributed by atoms with van der Waals surface area (Å²) in [6.07, 6.45) is 0.213. The Morgan fingerprint density at radius 2 is 1.63 bits per heavy atom. The standard InChI is InChI=1S/C20H18O6S/c21-20(22)18-8-3-4-9-19(18)26-25-12-5-13-27(23,24)17-11-10-15-6-1-2-7-16(15)14-17/h1-4,6-11,14H,5,12-13H2,(H,21,22). The molecule has 3 rings (SSSR count). The zero-order chi connectivity index (χ0) is 19.3. The molecule has 0 amide bonds. The van der Waals surface area contributed by atoms with Crippen molar-refractivity contribution in [3.63, 3.8) is 0 Å². The molecule has 0 fully saturated rings. The smallest absolute Gasteiger partial charge is 0.339 e. The Balaban J connectivity index is 1.56. The van der Waals surface area contributed by atoms with Crippen LogP contribution in [0.2, 0.25) is 0 Å². The minimum atomic E-state index is -3.45. The van der Waals surface area contributed by atoms with Crippen molar-refractivity contribution in [1.82, 2.24) is 0 Å². The third-order valence-corrected chi connectivity index (χ3v) is 5.79. The van der Waals surface area contributed by atoms with Crippen LogP contribution in [0, 0.1) is 0 Å². The fraction of sp³-hybridized carbons (Fsp3) is 0.150. The molecule has 3 aromatic carbocycles. The first-order valence-electron chi connectivity index (χ1n) is 8.31. The fourth-order valence-electron chi connectivity index (χ4n) is 2.61. The van der Waals surface area contributed by atoms with Gasteiger partial charge in [0.25, 0.3) is 0 Å². The molecule has 140 valence electrons. The summed E-state index contributed by atoms with van der Waals surface area (Å²) in [4.78, 5) is 21.3. The van der Waals surface area contributed by atoms with Crippen molar-refractivity contribution in [3.8, 4) is 5.75 Å². The Morgan fingerprint density at radius 1 is 0.926 bits per heavy atom. The molecule has 0 saturated carbocycles. The molecule has 0 aliphatic heterocycles. The summed E-state index contributed by atoms with van der Waals surface area (Å²) in [6, 6.07) is 18.6. The molecule has 1 N–H and O–H groups in total. The molecule has 27 heavy (non-hydrogen) atoms. The minimum absolute atomic E-state index is 0.0146. The summed E-state index contributed by atoms with van der Waals surface area (Å²) in [6.45, 7) is 0.0146. The van der Waals surface area contributed by atoms with Crippen LogP contribution in [0.3, 0.4) is 0 Å². The van der Waals surface area contributed by atoms with Crippen LogP contribution in [0.15, 0.2) is 71.6 Å². The van der Waals surface area contributed by atoms with E-state index in [0.29, 0.717) is 0 Å². The van der Waals surface area contributed by atoms with E-state index in [1.165, 1.54) is 12.1 Å². The first-order chi connectivity index (χ1) is 13.0. The highest BCUT2D eigenvalue weighted by atomic mass is 32.2. The lowest BCUT2D eigenvalue weighted by atomic mass is 10.1. The average molecular weight is 386 g/mol. The lowest BCUT2D eigenvalue weighted by Gasteiger charge is -2.08. The van der Waals surface area contributed by atoms with Gasteiger partial charge in [0.05, 0.1) is 17.3 Å². The van der Waals surface area contributed by atoms with E-state index in [0.717, 1.165) is 10.8 Å². The summed E-state index contributed by atoms with van der Waals surface area (Å²) >= 11 is 0. The van der Waals surface area contributed by atoms with Crippen molar-refractivity contribution in [1.29, 1.82) is 0 Å². The van der Waals surface area contributed by atoms with E-state index < -0.39 is 15.8 Å². The number of carboxylic acid groups (broad SMARTS) is 1. The number of para-hydroxylation sites is 1. The fourth-order valence-corrected chi connectivity index (χ4v) is 3.92. The molecular weight excluding hydrogens is 368 g/mol. The first kappa shape index (κ1) is 18.9. The second-order valence-electron chi connectivity index (χ2n) is 5.89. The summed E-state index contributed by atoms with van der Waals surface area (Å²) in [5.41, 5.74) is -0.0266. The molecule has 7 heteroatoms. The van der Waals surface area contributed by atoms with Gasteiger partial charge in [-0.1, -0.05) is 42.5 Å². The van der Waals surface area contributed by atoms with E-state index in [9.17, 15) is 13.2 Å². The predicted molar refractivity (Wildman–Crippen MR) is 101 cm³/mol. The summed E-state index contributed by atoms with van der Waals surface area (Å²) in [5.74, 6) is -1.16. The number of hydrogen-bond donors (Lipinski definition) is 1. The number of sulfone groups is 1. The van der Waals surface area contributed by atoms with Crippen LogP contribution in [-0.2, 0) is 14.7 Å². The highest BCUT2D eigenvalue weighted by Gasteiger charge is 2.15. The number of fused-ring (bicyclic) bond motifs is 1. The average Bonchev–Trinajstić information content (AvgIpc) is 2.67. The largest absolute Gasteiger partial charge is 0.478 e. The molecule has 0 radical (unpaired) electrons. The third kappa shape index (κ3) is 4.64. The maximum absolute atomic E-state index is 12.5. The number of benzene rings is 3. The van der Waals surface area contributed by atoms with Crippen molar-refractivity contribution in [2.75, 3.05) is 12.4 Å². The van der Waals surface area contributed by atoms with Gasteiger partial charge in [0, 0.05) is 0 Å². The summed E-state index contributed by atoms with van der Waals surface area (Å²) < 4.78 is 25.0. The summed E-state index contributed by atoms with van der Waals surface area (Å²) in [7, 11) is -3.45. The highest BCUT2D eigenvalue weighted by Crippen LogP contribution is 2.21. The van der Waals surface area contributed by atoms with Crippen molar-refractivity contribution in [2.45, 2.75) is 11.3 Å². The van der Waals surface area contributed by atoms with Crippen molar-refractivity contribution in [2.24, 2.45) is 0 Å². The van der Waals surface area contributed by atoms with Crippen molar-refractivity contribution >= 4 is 26.6 Å². The molecule has 0 heterocycles. The van der Waals surface area contributed by atoms with Gasteiger partial charge < -0.3 is 9.99 Å². The molecule has 0 bridgehead atoms. The molecule has 0 aromatic heterocycles. The van der Waals surface area contributed by atoms with Gasteiger partial charge in [0.2, 0.25) is 0 Å². The molecule has 0 spiro atoms. The van der Waals surface area contributed by atoms with Gasteiger partial charge in [0.1, 0.15) is 5.56 Å². The second-order valence-corrected chi connectivity index (χ2v) is 8.00. The van der Waals surface area contributed by atoms with Gasteiger partial charge in [-0.05, 0) is 41.5 Å². The molecule has 0 aliphatic carbocycles. The molecular formula is C20H18O6S. The van der Waals surface area contributed by atoms with E-state index in [4.69, 9.17) is 14.9 Å². The number of aromatic carboxylic acids is 1. The number of carbonyl (C=O) groups is 1. The van der Waals surface area contributed by atoms with Crippen LogP contribution in [0.5, 0.6) is 5.75 Å². The van der Waals surface area contributed by atoms with Gasteiger partial charge in [-0.15, -0.1) is 0 Å². The monoisotopic (exact) mass is 386 g/mol.